The molecule has 1 aromatic heterocycles. The number of rotatable bonds is 2. The highest BCUT2D eigenvalue weighted by Crippen LogP contribution is 2.24. The van der Waals surface area contributed by atoms with E-state index in [2.05, 4.69) is 4.74 Å². The van der Waals surface area contributed by atoms with Crippen LogP contribution in [-0.2, 0) is 0 Å². The van der Waals surface area contributed by atoms with Gasteiger partial charge in [-0.1, -0.05) is 0 Å². The van der Waals surface area contributed by atoms with Crippen molar-refractivity contribution in [2.75, 3.05) is 0 Å². The van der Waals surface area contributed by atoms with Gasteiger partial charge in [0.1, 0.15) is 0 Å². The van der Waals surface area contributed by atoms with E-state index in [-0.39, 0.29) is 5.56 Å². The molecule has 0 unspecified atom stereocenters. The lowest BCUT2D eigenvalue weighted by Gasteiger charge is -2.11. The molecule has 16 heavy (non-hydrogen) atoms. The fourth-order valence-electron chi connectivity index (χ4n) is 1.06. The number of hydrogen-bond acceptors (Lipinski definition) is 2. The lowest BCUT2D eigenvalue weighted by molar-refractivity contribution is -0.275. The summed E-state index contributed by atoms with van der Waals surface area (Å²) in [5.74, 6) is -1.03. The second kappa shape index (κ2) is 4.11. The fraction of sp³-hybridized carbons (Fsp3) is 0.375. The Balaban J connectivity index is 3.19. The Bertz CT molecular complexity index is 437. The van der Waals surface area contributed by atoms with Gasteiger partial charge in [0.15, 0.2) is 5.75 Å². The molecule has 1 heterocycles. The van der Waals surface area contributed by atoms with Crippen molar-refractivity contribution in [3.8, 4) is 5.75 Å². The maximum absolute atomic E-state index is 12.2. The summed E-state index contributed by atoms with van der Waals surface area (Å²) in [5.41, 5.74) is -2.40. The maximum Gasteiger partial charge on any atom is 0.573 e. The molecule has 90 valence electrons. The normalized spacial score (nSPS) is 11.9. The number of aryl methyl sites for hydroxylation is 1. The zero-order valence-corrected chi connectivity index (χ0v) is 7.86. The molecule has 1 aromatic rings. The Morgan fingerprint density at radius 1 is 1.38 bits per heavy atom. The van der Waals surface area contributed by atoms with E-state index in [1.165, 1.54) is 0 Å². The Hall–Kier alpha value is -1.60. The van der Waals surface area contributed by atoms with Crippen molar-refractivity contribution in [3.05, 3.63) is 27.7 Å². The minimum absolute atomic E-state index is 0.309. The molecular formula is C8H6F5NO2. The van der Waals surface area contributed by atoms with Gasteiger partial charge >= 0.3 is 6.36 Å². The van der Waals surface area contributed by atoms with Crippen molar-refractivity contribution in [2.24, 2.45) is 0 Å². The summed E-state index contributed by atoms with van der Waals surface area (Å²) in [6.07, 6.45) is -8.00. The molecule has 0 bridgehead atoms. The molecule has 8 heteroatoms. The molecule has 3 nitrogen and oxygen atoms in total. The number of ether oxygens (including phenoxy) is 1. The van der Waals surface area contributed by atoms with Gasteiger partial charge in [-0.3, -0.25) is 4.79 Å². The first-order chi connectivity index (χ1) is 7.20. The number of halogens is 5. The zero-order chi connectivity index (χ0) is 12.5. The van der Waals surface area contributed by atoms with Crippen molar-refractivity contribution < 1.29 is 26.7 Å². The zero-order valence-electron chi connectivity index (χ0n) is 7.86. The van der Waals surface area contributed by atoms with Crippen LogP contribution in [0.25, 0.3) is 0 Å². The predicted molar refractivity (Wildman–Crippen MR) is 43.4 cm³/mol. The number of nitrogens with one attached hydrogen (secondary N) is 1. The first-order valence-electron chi connectivity index (χ1n) is 3.98. The van der Waals surface area contributed by atoms with Crippen LogP contribution >= 0.6 is 0 Å². The lowest BCUT2D eigenvalue weighted by Crippen LogP contribution is -2.24. The maximum atomic E-state index is 12.2. The van der Waals surface area contributed by atoms with E-state index in [0.717, 1.165) is 13.0 Å². The van der Waals surface area contributed by atoms with Gasteiger partial charge in [-0.2, -0.15) is 0 Å². The molecule has 0 fully saturated rings. The number of pyridine rings is 1. The number of aromatic amines is 1. The fourth-order valence-corrected chi connectivity index (χ4v) is 1.06. The highest BCUT2D eigenvalue weighted by atomic mass is 19.4. The van der Waals surface area contributed by atoms with Crippen molar-refractivity contribution in [2.45, 2.75) is 19.7 Å². The quantitative estimate of drug-likeness (QED) is 0.811. The molecular weight excluding hydrogens is 237 g/mol. The summed E-state index contributed by atoms with van der Waals surface area (Å²) < 4.78 is 63.2. The van der Waals surface area contributed by atoms with Gasteiger partial charge in [0, 0.05) is 0 Å². The average molecular weight is 243 g/mol. The van der Waals surface area contributed by atoms with E-state index in [1.54, 1.807) is 4.98 Å². The topological polar surface area (TPSA) is 42.1 Å². The average Bonchev–Trinajstić information content (AvgIpc) is 2.09. The summed E-state index contributed by atoms with van der Waals surface area (Å²) in [5, 5.41) is 0. The third kappa shape index (κ3) is 2.94. The Kier molecular flexibility index (Phi) is 3.20. The van der Waals surface area contributed by atoms with Crippen LogP contribution in [0.1, 0.15) is 17.7 Å². The van der Waals surface area contributed by atoms with Gasteiger partial charge in [-0.15, -0.1) is 13.2 Å². The van der Waals surface area contributed by atoms with Crippen LogP contribution in [0.5, 0.6) is 5.75 Å². The summed E-state index contributed by atoms with van der Waals surface area (Å²) in [4.78, 5) is 12.6. The molecule has 0 spiro atoms. The van der Waals surface area contributed by atoms with Crippen LogP contribution in [0.15, 0.2) is 10.9 Å². The van der Waals surface area contributed by atoms with E-state index in [4.69, 9.17) is 0 Å². The summed E-state index contributed by atoms with van der Waals surface area (Å²) in [6.45, 7) is 1.07. The van der Waals surface area contributed by atoms with Crippen LogP contribution in [0.3, 0.4) is 0 Å². The molecule has 0 aromatic carbocycles. The van der Waals surface area contributed by atoms with E-state index in [9.17, 15) is 26.7 Å². The molecule has 1 N–H and O–H groups in total. The second-order valence-corrected chi connectivity index (χ2v) is 2.91. The van der Waals surface area contributed by atoms with E-state index in [1.807, 2.05) is 0 Å². The van der Waals surface area contributed by atoms with Gasteiger partial charge < -0.3 is 9.72 Å². The minimum atomic E-state index is -5.04. The minimum Gasteiger partial charge on any atom is -0.400 e. The Morgan fingerprint density at radius 3 is 2.31 bits per heavy atom. The van der Waals surface area contributed by atoms with E-state index in [0.29, 0.717) is 0 Å². The summed E-state index contributed by atoms with van der Waals surface area (Å²) in [7, 11) is 0. The van der Waals surface area contributed by atoms with Crippen molar-refractivity contribution in [1.82, 2.24) is 4.98 Å². The third-order valence-corrected chi connectivity index (χ3v) is 1.65. The molecule has 0 radical (unpaired) electrons. The van der Waals surface area contributed by atoms with Crippen LogP contribution in [-0.4, -0.2) is 11.3 Å². The van der Waals surface area contributed by atoms with Crippen molar-refractivity contribution >= 4 is 0 Å². The number of H-pyrrole nitrogens is 1. The Labute approximate surface area is 85.8 Å². The molecule has 1 rings (SSSR count). The summed E-state index contributed by atoms with van der Waals surface area (Å²) in [6, 6.07) is 0.729. The molecule has 0 saturated carbocycles. The smallest absolute Gasteiger partial charge is 0.400 e. The van der Waals surface area contributed by atoms with Gasteiger partial charge in [0.05, 0.1) is 5.69 Å². The SMILES string of the molecule is Cc1cc(C(F)F)[nH]c(=O)c1OC(F)(F)F. The molecule has 0 aliphatic carbocycles. The predicted octanol–water partition coefficient (Wildman–Crippen LogP) is 2.52. The monoisotopic (exact) mass is 243 g/mol. The third-order valence-electron chi connectivity index (χ3n) is 1.65. The van der Waals surface area contributed by atoms with E-state index >= 15 is 0 Å². The molecule has 0 saturated heterocycles. The van der Waals surface area contributed by atoms with Crippen LogP contribution in [0.4, 0.5) is 22.0 Å². The van der Waals surface area contributed by atoms with Crippen molar-refractivity contribution in [3.63, 3.8) is 0 Å². The van der Waals surface area contributed by atoms with Crippen molar-refractivity contribution in [1.29, 1.82) is 0 Å². The standard InChI is InChI=1S/C8H6F5NO2/c1-3-2-4(6(9)10)14-7(15)5(3)16-8(11,12)13/h2,6H,1H3,(H,14,15). The molecule has 0 atom stereocenters. The molecule has 0 aliphatic heterocycles. The van der Waals surface area contributed by atoms with Gasteiger partial charge in [0.2, 0.25) is 0 Å². The first kappa shape index (κ1) is 12.5. The highest BCUT2D eigenvalue weighted by Gasteiger charge is 2.33. The van der Waals surface area contributed by atoms with Gasteiger partial charge in [0.25, 0.3) is 12.0 Å². The molecule has 0 aliphatic rings. The highest BCUT2D eigenvalue weighted by molar-refractivity contribution is 5.31. The van der Waals surface area contributed by atoms with Gasteiger partial charge in [-0.05, 0) is 18.6 Å². The van der Waals surface area contributed by atoms with Gasteiger partial charge in [-0.25, -0.2) is 8.78 Å². The van der Waals surface area contributed by atoms with E-state index < -0.39 is 29.8 Å². The summed E-state index contributed by atoms with van der Waals surface area (Å²) >= 11 is 0. The number of aromatic nitrogens is 1. The van der Waals surface area contributed by atoms with Crippen LogP contribution in [0, 0.1) is 6.92 Å². The number of alkyl halides is 5. The molecule has 0 amide bonds. The first-order valence-corrected chi connectivity index (χ1v) is 3.98. The van der Waals surface area contributed by atoms with Crippen LogP contribution in [0.2, 0.25) is 0 Å². The lowest BCUT2D eigenvalue weighted by atomic mass is 10.2. The Morgan fingerprint density at radius 2 is 1.94 bits per heavy atom. The largest absolute Gasteiger partial charge is 0.573 e. The number of hydrogen-bond donors (Lipinski definition) is 1. The second-order valence-electron chi connectivity index (χ2n) is 2.91. The van der Waals surface area contributed by atoms with Crippen LogP contribution < -0.4 is 10.3 Å².